The minimum absolute atomic E-state index is 1.01. The Morgan fingerprint density at radius 2 is 1.00 bits per heavy atom. The maximum absolute atomic E-state index is 2.32. The average Bonchev–Trinajstić information content (AvgIpc) is 1.80. The third-order valence-electron chi connectivity index (χ3n) is 2.28. The van der Waals surface area contributed by atoms with Crippen LogP contribution in [0.3, 0.4) is 0 Å². The molecular weight excluding hydrogens is 118 g/mol. The maximum atomic E-state index is 2.32. The number of hydrogen-bond donors (Lipinski definition) is 0. The lowest BCUT2D eigenvalue weighted by molar-refractivity contribution is 0.666. The van der Waals surface area contributed by atoms with Crippen LogP contribution in [0.25, 0.3) is 0 Å². The summed E-state index contributed by atoms with van der Waals surface area (Å²) in [5.74, 6) is 2.02. The fraction of sp³-hybridized carbons (Fsp3) is 1.00. The van der Waals surface area contributed by atoms with Crippen molar-refractivity contribution in [2.45, 2.75) is 39.1 Å². The second-order valence-electron chi connectivity index (χ2n) is 3.73. The van der Waals surface area contributed by atoms with Crippen molar-refractivity contribution in [3.63, 3.8) is 0 Å². The molecule has 0 aromatic heterocycles. The molecule has 0 amide bonds. The lowest BCUT2D eigenvalue weighted by Crippen LogP contribution is -2.12. The highest BCUT2D eigenvalue weighted by Crippen LogP contribution is 2.19. The molecule has 0 bridgehead atoms. The van der Waals surface area contributed by atoms with E-state index in [9.17, 15) is 0 Å². The van der Waals surface area contributed by atoms with Crippen LogP contribution in [0.1, 0.15) is 13.8 Å². The predicted molar refractivity (Wildman–Crippen MR) is 49.1 cm³/mol. The first-order chi connectivity index (χ1) is 4.79. The first kappa shape index (κ1) is 8.23. The second kappa shape index (κ2) is 4.10. The lowest BCUT2D eigenvalue weighted by atomic mass is 9.52. The van der Waals surface area contributed by atoms with Gasteiger partial charge in [0.2, 0.25) is 0 Å². The van der Waals surface area contributed by atoms with Crippen LogP contribution in [-0.4, -0.2) is 14.6 Å². The van der Waals surface area contributed by atoms with Crippen LogP contribution in [0.5, 0.6) is 0 Å². The predicted octanol–water partition coefficient (Wildman–Crippen LogP) is 2.35. The smallest absolute Gasteiger partial charge is 0.0784 e. The van der Waals surface area contributed by atoms with Gasteiger partial charge in [0.15, 0.2) is 0 Å². The Hall–Kier alpha value is 0.130. The molecule has 2 rings (SSSR count). The van der Waals surface area contributed by atoms with E-state index in [1.165, 1.54) is 25.3 Å². The summed E-state index contributed by atoms with van der Waals surface area (Å²) in [5.41, 5.74) is 0. The van der Waals surface area contributed by atoms with Crippen LogP contribution in [-0.2, 0) is 0 Å². The Balaban J connectivity index is 0.0000001000. The van der Waals surface area contributed by atoms with Gasteiger partial charge in [0.25, 0.3) is 0 Å². The van der Waals surface area contributed by atoms with Gasteiger partial charge in [-0.15, -0.1) is 0 Å². The molecule has 54 valence electrons. The van der Waals surface area contributed by atoms with Gasteiger partial charge in [-0.2, -0.15) is 0 Å². The van der Waals surface area contributed by atoms with Crippen molar-refractivity contribution in [1.82, 2.24) is 0 Å². The molecular formula is C8H16B2. The van der Waals surface area contributed by atoms with Gasteiger partial charge >= 0.3 is 0 Å². The van der Waals surface area contributed by atoms with Crippen LogP contribution < -0.4 is 0 Å². The van der Waals surface area contributed by atoms with Crippen LogP contribution in [0.2, 0.25) is 25.3 Å². The van der Waals surface area contributed by atoms with Gasteiger partial charge < -0.3 is 0 Å². The minimum atomic E-state index is 1.01. The van der Waals surface area contributed by atoms with Crippen molar-refractivity contribution < 1.29 is 0 Å². The molecule has 0 N–H and O–H groups in total. The van der Waals surface area contributed by atoms with Gasteiger partial charge in [0, 0.05) is 0 Å². The van der Waals surface area contributed by atoms with Crippen molar-refractivity contribution in [3.05, 3.63) is 0 Å². The Labute approximate surface area is 66.3 Å². The van der Waals surface area contributed by atoms with Gasteiger partial charge in [-0.1, -0.05) is 51.0 Å². The third kappa shape index (κ3) is 2.81. The molecule has 2 heteroatoms. The Kier molecular flexibility index (Phi) is 3.37. The van der Waals surface area contributed by atoms with Gasteiger partial charge in [0.05, 0.1) is 0 Å². The standard InChI is InChI=1S/2C4H8B/c2*1-4-2-5-3-4/h2*4H,2-3H2,1H3. The van der Waals surface area contributed by atoms with Crippen LogP contribution >= 0.6 is 0 Å². The zero-order chi connectivity index (χ0) is 7.40. The van der Waals surface area contributed by atoms with E-state index >= 15 is 0 Å². The molecule has 2 aliphatic rings. The molecule has 0 aliphatic carbocycles. The fourth-order valence-electron chi connectivity index (χ4n) is 1.000. The Morgan fingerprint density at radius 1 is 0.800 bits per heavy atom. The van der Waals surface area contributed by atoms with Gasteiger partial charge in [-0.25, -0.2) is 0 Å². The van der Waals surface area contributed by atoms with Gasteiger partial charge in [-0.3, -0.25) is 0 Å². The molecule has 0 atom stereocenters. The van der Waals surface area contributed by atoms with Crippen LogP contribution in [0.15, 0.2) is 0 Å². The van der Waals surface area contributed by atoms with E-state index in [-0.39, 0.29) is 0 Å². The average molecular weight is 134 g/mol. The zero-order valence-corrected chi connectivity index (χ0v) is 7.14. The lowest BCUT2D eigenvalue weighted by Gasteiger charge is -2.17. The molecule has 2 aliphatic heterocycles. The highest BCUT2D eigenvalue weighted by Gasteiger charge is 2.11. The molecule has 2 saturated heterocycles. The molecule has 2 fully saturated rings. The zero-order valence-electron chi connectivity index (χ0n) is 7.14. The fourth-order valence-corrected chi connectivity index (χ4v) is 1.000. The molecule has 2 radical (unpaired) electrons. The number of hydrogen-bond acceptors (Lipinski definition) is 0. The van der Waals surface area contributed by atoms with E-state index in [1.54, 1.807) is 0 Å². The van der Waals surface area contributed by atoms with E-state index in [4.69, 9.17) is 0 Å². The molecule has 2 heterocycles. The molecule has 10 heavy (non-hydrogen) atoms. The highest BCUT2D eigenvalue weighted by molar-refractivity contribution is 6.39. The van der Waals surface area contributed by atoms with Crippen molar-refractivity contribution >= 4 is 14.6 Å². The van der Waals surface area contributed by atoms with E-state index < -0.39 is 0 Å². The molecule has 0 aromatic rings. The summed E-state index contributed by atoms with van der Waals surface area (Å²) in [6, 6.07) is 0. The largest absolute Gasteiger partial charge is 0.110 e. The number of rotatable bonds is 0. The molecule has 0 saturated carbocycles. The third-order valence-corrected chi connectivity index (χ3v) is 2.28. The Morgan fingerprint density at radius 3 is 1.00 bits per heavy atom. The molecule has 0 spiro atoms. The quantitative estimate of drug-likeness (QED) is 0.446. The van der Waals surface area contributed by atoms with E-state index in [0.717, 1.165) is 11.8 Å². The van der Waals surface area contributed by atoms with Crippen LogP contribution in [0, 0.1) is 11.8 Å². The topological polar surface area (TPSA) is 0 Å². The molecule has 0 unspecified atom stereocenters. The summed E-state index contributed by atoms with van der Waals surface area (Å²) >= 11 is 0. The minimum Gasteiger partial charge on any atom is -0.0784 e. The van der Waals surface area contributed by atoms with Crippen LogP contribution in [0.4, 0.5) is 0 Å². The van der Waals surface area contributed by atoms with E-state index in [1.807, 2.05) is 0 Å². The highest BCUT2D eigenvalue weighted by atomic mass is 14.0. The summed E-state index contributed by atoms with van der Waals surface area (Å²) in [7, 11) is 4.65. The molecule has 0 nitrogen and oxygen atoms in total. The van der Waals surface area contributed by atoms with E-state index in [0.29, 0.717) is 0 Å². The van der Waals surface area contributed by atoms with Crippen molar-refractivity contribution in [2.75, 3.05) is 0 Å². The summed E-state index contributed by atoms with van der Waals surface area (Å²) in [6.45, 7) is 4.56. The summed E-state index contributed by atoms with van der Waals surface area (Å²) in [6.07, 6.45) is 5.44. The Bertz CT molecular complexity index is 73.3. The first-order valence-corrected chi connectivity index (χ1v) is 4.42. The maximum Gasteiger partial charge on any atom is 0.110 e. The summed E-state index contributed by atoms with van der Waals surface area (Å²) < 4.78 is 0. The van der Waals surface area contributed by atoms with Crippen molar-refractivity contribution in [2.24, 2.45) is 11.8 Å². The normalized spacial score (nSPS) is 24.2. The monoisotopic (exact) mass is 134 g/mol. The summed E-state index contributed by atoms with van der Waals surface area (Å²) in [5, 5.41) is 0. The van der Waals surface area contributed by atoms with Gasteiger partial charge in [0.1, 0.15) is 14.6 Å². The van der Waals surface area contributed by atoms with E-state index in [2.05, 4.69) is 28.4 Å². The molecule has 0 aromatic carbocycles. The second-order valence-corrected chi connectivity index (χ2v) is 3.73. The van der Waals surface area contributed by atoms with Crippen molar-refractivity contribution in [1.29, 1.82) is 0 Å². The van der Waals surface area contributed by atoms with Gasteiger partial charge in [-0.05, 0) is 0 Å². The van der Waals surface area contributed by atoms with Crippen molar-refractivity contribution in [3.8, 4) is 0 Å². The first-order valence-electron chi connectivity index (χ1n) is 4.42. The summed E-state index contributed by atoms with van der Waals surface area (Å²) in [4.78, 5) is 0. The SMILES string of the molecule is CC1C[B]C1.CC1C[B]C1.